The van der Waals surface area contributed by atoms with E-state index in [-0.39, 0.29) is 17.6 Å². The zero-order chi connectivity index (χ0) is 17.6. The molecule has 2 rings (SSSR count). The van der Waals surface area contributed by atoms with Crippen LogP contribution < -0.4 is 5.32 Å². The minimum absolute atomic E-state index is 0.0504. The fourth-order valence-electron chi connectivity index (χ4n) is 3.03. The number of hydrogen-bond acceptors (Lipinski definition) is 3. The second-order valence-electron chi connectivity index (χ2n) is 7.12. The van der Waals surface area contributed by atoms with Crippen molar-refractivity contribution in [1.29, 1.82) is 0 Å². The predicted molar refractivity (Wildman–Crippen MR) is 102 cm³/mol. The van der Waals surface area contributed by atoms with Crippen LogP contribution in [0.4, 0.5) is 0 Å². The molecule has 4 heteroatoms. The first-order chi connectivity index (χ1) is 11.4. The zero-order valence-corrected chi connectivity index (χ0v) is 16.0. The van der Waals surface area contributed by atoms with Crippen molar-refractivity contribution < 1.29 is 9.53 Å². The molecule has 2 unspecified atom stereocenters. The van der Waals surface area contributed by atoms with Crippen LogP contribution in [0, 0.1) is 0 Å². The number of carbonyl (C=O) groups is 1. The predicted octanol–water partition coefficient (Wildman–Crippen LogP) is 4.40. The summed E-state index contributed by atoms with van der Waals surface area (Å²) in [6, 6.07) is 20.4. The molecule has 0 aromatic heterocycles. The molecule has 0 amide bonds. The Morgan fingerprint density at radius 2 is 1.54 bits per heavy atom. The second-order valence-corrected chi connectivity index (χ2v) is 12.5. The molecular weight excluding hydrogens is 314 g/mol. The molecule has 0 heterocycles. The van der Waals surface area contributed by atoms with Crippen molar-refractivity contribution in [3.8, 4) is 0 Å². The van der Waals surface area contributed by atoms with E-state index in [1.165, 1.54) is 12.7 Å². The Balaban J connectivity index is 2.32. The lowest BCUT2D eigenvalue weighted by atomic mass is 10.0. The summed E-state index contributed by atoms with van der Waals surface area (Å²) in [5.74, 6) is -0.122. The summed E-state index contributed by atoms with van der Waals surface area (Å²) in [6.07, 6.45) is 0. The van der Waals surface area contributed by atoms with Crippen LogP contribution in [0.3, 0.4) is 0 Å². The van der Waals surface area contributed by atoms with Gasteiger partial charge in [-0.05, 0) is 11.1 Å². The van der Waals surface area contributed by atoms with Crippen LogP contribution in [0.5, 0.6) is 0 Å². The Hall–Kier alpha value is -1.91. The molecule has 2 atom stereocenters. The van der Waals surface area contributed by atoms with Crippen LogP contribution in [0.1, 0.15) is 17.2 Å². The van der Waals surface area contributed by atoms with E-state index in [9.17, 15) is 4.79 Å². The topological polar surface area (TPSA) is 38.3 Å². The highest BCUT2D eigenvalue weighted by atomic mass is 28.3. The summed E-state index contributed by atoms with van der Waals surface area (Å²) < 4.78 is 5.15. The maximum Gasteiger partial charge on any atom is 0.307 e. The third-order valence-corrected chi connectivity index (χ3v) is 6.68. The largest absolute Gasteiger partial charge is 0.469 e. The molecule has 0 radical (unpaired) electrons. The lowest BCUT2D eigenvalue weighted by molar-refractivity contribution is -0.141. The van der Waals surface area contributed by atoms with E-state index in [1.54, 1.807) is 0 Å². The van der Waals surface area contributed by atoms with Gasteiger partial charge in [-0.25, -0.2) is 0 Å². The van der Waals surface area contributed by atoms with Gasteiger partial charge in [0.05, 0.1) is 20.7 Å². The van der Waals surface area contributed by atoms with Crippen LogP contribution in [0.25, 0.3) is 0 Å². The lowest BCUT2D eigenvalue weighted by Gasteiger charge is -2.34. The lowest BCUT2D eigenvalue weighted by Crippen LogP contribution is -2.43. The van der Waals surface area contributed by atoms with E-state index in [1.807, 2.05) is 36.4 Å². The summed E-state index contributed by atoms with van der Waals surface area (Å²) in [5.41, 5.74) is 2.19. The van der Waals surface area contributed by atoms with Crippen molar-refractivity contribution in [3.05, 3.63) is 71.8 Å². The molecule has 0 aliphatic heterocycles. The molecule has 24 heavy (non-hydrogen) atoms. The molecule has 2 aromatic rings. The van der Waals surface area contributed by atoms with Crippen LogP contribution in [-0.2, 0) is 16.1 Å². The van der Waals surface area contributed by atoms with Crippen molar-refractivity contribution >= 4 is 14.0 Å². The van der Waals surface area contributed by atoms with E-state index < -0.39 is 8.07 Å². The number of ether oxygens (including phenoxy) is 1. The van der Waals surface area contributed by atoms with Crippen molar-refractivity contribution in [3.63, 3.8) is 0 Å². The van der Waals surface area contributed by atoms with Gasteiger partial charge in [0, 0.05) is 12.6 Å². The standard InChI is InChI=1S/C20H27NO2Si/c1-23-20(22)19(24(2,3)4)18(17-13-9-6-10-14-17)21-15-16-11-7-5-8-12-16/h5-14,18-19,21H,15H2,1-4H3. The van der Waals surface area contributed by atoms with Crippen molar-refractivity contribution in [1.82, 2.24) is 5.32 Å². The van der Waals surface area contributed by atoms with E-state index >= 15 is 0 Å². The average Bonchev–Trinajstić information content (AvgIpc) is 2.58. The van der Waals surface area contributed by atoms with E-state index in [0.29, 0.717) is 0 Å². The molecular formula is C20H27NO2Si. The summed E-state index contributed by atoms with van der Waals surface area (Å²) in [7, 11) is -0.311. The molecule has 0 saturated heterocycles. The molecule has 3 nitrogen and oxygen atoms in total. The van der Waals surface area contributed by atoms with Gasteiger partial charge in [0.1, 0.15) is 0 Å². The fourth-order valence-corrected chi connectivity index (χ4v) is 5.16. The third-order valence-electron chi connectivity index (χ3n) is 4.25. The third kappa shape index (κ3) is 4.79. The first kappa shape index (κ1) is 18.4. The summed E-state index contributed by atoms with van der Waals surface area (Å²) in [4.78, 5) is 12.6. The number of methoxy groups -OCH3 is 1. The zero-order valence-electron chi connectivity index (χ0n) is 15.0. The Bertz CT molecular complexity index is 638. The Morgan fingerprint density at radius 1 is 1.00 bits per heavy atom. The van der Waals surface area contributed by atoms with Gasteiger partial charge in [-0.15, -0.1) is 0 Å². The molecule has 0 saturated carbocycles. The van der Waals surface area contributed by atoms with Crippen molar-refractivity contribution in [2.45, 2.75) is 37.8 Å². The Morgan fingerprint density at radius 3 is 2.04 bits per heavy atom. The molecule has 1 N–H and O–H groups in total. The molecule has 128 valence electrons. The van der Waals surface area contributed by atoms with Crippen molar-refractivity contribution in [2.24, 2.45) is 0 Å². The van der Waals surface area contributed by atoms with Gasteiger partial charge in [-0.3, -0.25) is 4.79 Å². The smallest absolute Gasteiger partial charge is 0.307 e. The van der Waals surface area contributed by atoms with Gasteiger partial charge in [0.25, 0.3) is 0 Å². The molecule has 0 bridgehead atoms. The molecule has 0 fully saturated rings. The van der Waals surface area contributed by atoms with Gasteiger partial charge in [0.2, 0.25) is 0 Å². The Kier molecular flexibility index (Phi) is 6.34. The highest BCUT2D eigenvalue weighted by Crippen LogP contribution is 2.36. The minimum Gasteiger partial charge on any atom is -0.469 e. The van der Waals surface area contributed by atoms with Crippen LogP contribution in [-0.4, -0.2) is 21.2 Å². The fraction of sp³-hybridized carbons (Fsp3) is 0.350. The number of benzene rings is 2. The number of esters is 1. The maximum atomic E-state index is 12.6. The monoisotopic (exact) mass is 341 g/mol. The summed E-state index contributed by atoms with van der Waals surface area (Å²) >= 11 is 0. The first-order valence-corrected chi connectivity index (χ1v) is 11.9. The molecule has 0 aliphatic rings. The number of nitrogens with one attached hydrogen (secondary N) is 1. The van der Waals surface area contributed by atoms with Crippen LogP contribution in [0.2, 0.25) is 25.2 Å². The highest BCUT2D eigenvalue weighted by molar-refractivity contribution is 6.80. The highest BCUT2D eigenvalue weighted by Gasteiger charge is 2.40. The summed E-state index contributed by atoms with van der Waals surface area (Å²) in [5, 5.41) is 3.61. The van der Waals surface area contributed by atoms with E-state index in [2.05, 4.69) is 49.2 Å². The van der Waals surface area contributed by atoms with Crippen molar-refractivity contribution in [2.75, 3.05) is 7.11 Å². The number of carbonyl (C=O) groups excluding carboxylic acids is 1. The minimum atomic E-state index is -1.79. The quantitative estimate of drug-likeness (QED) is 0.599. The van der Waals surface area contributed by atoms with Crippen LogP contribution in [0.15, 0.2) is 60.7 Å². The summed E-state index contributed by atoms with van der Waals surface area (Å²) in [6.45, 7) is 7.37. The van der Waals surface area contributed by atoms with Gasteiger partial charge in [-0.2, -0.15) is 0 Å². The van der Waals surface area contributed by atoms with Crippen LogP contribution >= 0.6 is 0 Å². The Labute approximate surface area is 146 Å². The van der Waals surface area contributed by atoms with Gasteiger partial charge < -0.3 is 10.1 Å². The average molecular weight is 342 g/mol. The van der Waals surface area contributed by atoms with E-state index in [4.69, 9.17) is 4.74 Å². The number of hydrogen-bond donors (Lipinski definition) is 1. The number of rotatable bonds is 7. The molecule has 2 aromatic carbocycles. The second kappa shape index (κ2) is 8.26. The normalized spacial score (nSPS) is 14.0. The first-order valence-electron chi connectivity index (χ1n) is 8.33. The maximum absolute atomic E-state index is 12.6. The molecule has 0 aliphatic carbocycles. The SMILES string of the molecule is COC(=O)C(C(NCc1ccccc1)c1ccccc1)[Si](C)(C)C. The van der Waals surface area contributed by atoms with E-state index in [0.717, 1.165) is 12.1 Å². The molecule has 0 spiro atoms. The van der Waals surface area contributed by atoms with Gasteiger partial charge in [0.15, 0.2) is 0 Å². The van der Waals surface area contributed by atoms with Gasteiger partial charge in [-0.1, -0.05) is 80.3 Å². The van der Waals surface area contributed by atoms with Gasteiger partial charge >= 0.3 is 5.97 Å².